The molecule has 2 aliphatic rings. The Morgan fingerprint density at radius 3 is 2.58 bits per heavy atom. The molecule has 1 saturated heterocycles. The first kappa shape index (κ1) is 19.4. The lowest BCUT2D eigenvalue weighted by molar-refractivity contribution is -0.124. The fourth-order valence-electron chi connectivity index (χ4n) is 4.73. The van der Waals surface area contributed by atoms with E-state index in [-0.39, 0.29) is 17.4 Å². The van der Waals surface area contributed by atoms with Gasteiger partial charge in [0.05, 0.1) is 6.04 Å². The monoisotopic (exact) mass is 357 g/mol. The van der Waals surface area contributed by atoms with Gasteiger partial charge in [-0.2, -0.15) is 0 Å². The van der Waals surface area contributed by atoms with Gasteiger partial charge in [-0.25, -0.2) is 0 Å². The Balaban J connectivity index is 1.55. The molecule has 4 nitrogen and oxygen atoms in total. The van der Waals surface area contributed by atoms with Crippen LogP contribution < -0.4 is 10.6 Å². The number of carbonyl (C=O) groups is 1. The van der Waals surface area contributed by atoms with Crippen LogP contribution in [0.3, 0.4) is 0 Å². The van der Waals surface area contributed by atoms with Crippen LogP contribution in [-0.2, 0) is 11.3 Å². The quantitative estimate of drug-likeness (QED) is 0.822. The molecule has 1 aromatic rings. The number of likely N-dealkylation sites (tertiary alicyclic amines) is 1. The van der Waals surface area contributed by atoms with Crippen molar-refractivity contribution < 1.29 is 4.79 Å². The van der Waals surface area contributed by atoms with Gasteiger partial charge in [0.1, 0.15) is 0 Å². The van der Waals surface area contributed by atoms with Crippen molar-refractivity contribution >= 4 is 5.91 Å². The maximum Gasteiger partial charge on any atom is 0.237 e. The summed E-state index contributed by atoms with van der Waals surface area (Å²) in [6.07, 6.45) is 3.23. The van der Waals surface area contributed by atoms with Crippen LogP contribution in [0.2, 0.25) is 0 Å². The van der Waals surface area contributed by atoms with Gasteiger partial charge in [0.15, 0.2) is 0 Å². The molecule has 0 bridgehead atoms. The number of amides is 1. The smallest absolute Gasteiger partial charge is 0.237 e. The molecule has 1 aromatic carbocycles. The van der Waals surface area contributed by atoms with E-state index >= 15 is 0 Å². The van der Waals surface area contributed by atoms with E-state index in [4.69, 9.17) is 0 Å². The highest BCUT2D eigenvalue weighted by atomic mass is 16.2. The van der Waals surface area contributed by atoms with Crippen LogP contribution in [0.1, 0.15) is 45.6 Å². The van der Waals surface area contributed by atoms with E-state index in [1.54, 1.807) is 0 Å². The predicted octanol–water partition coefficient (Wildman–Crippen LogP) is 3.04. The molecule has 26 heavy (non-hydrogen) atoms. The Hall–Kier alpha value is -1.39. The number of fused-ring (bicyclic) bond motifs is 1. The maximum absolute atomic E-state index is 12.8. The molecule has 1 aliphatic carbocycles. The van der Waals surface area contributed by atoms with E-state index in [1.807, 2.05) is 7.05 Å². The normalized spacial score (nSPS) is 27.3. The fourth-order valence-corrected chi connectivity index (χ4v) is 4.73. The average Bonchev–Trinajstić information content (AvgIpc) is 3.14. The first-order chi connectivity index (χ1) is 12.4. The van der Waals surface area contributed by atoms with E-state index in [0.717, 1.165) is 31.8 Å². The molecule has 3 rings (SSSR count). The number of nitrogens with one attached hydrogen (secondary N) is 2. The van der Waals surface area contributed by atoms with Crippen LogP contribution in [0.5, 0.6) is 0 Å². The summed E-state index contributed by atoms with van der Waals surface area (Å²) in [6, 6.07) is 10.9. The number of hydrogen-bond acceptors (Lipinski definition) is 3. The first-order valence-electron chi connectivity index (χ1n) is 10.1. The lowest BCUT2D eigenvalue weighted by Crippen LogP contribution is -2.49. The van der Waals surface area contributed by atoms with Gasteiger partial charge in [-0.05, 0) is 49.1 Å². The SMILES string of the molecule is CN[C@@H](CC(C)(C)C)C(=O)N[C@@H]1CC[C@H]2CN(Cc3ccccc3)C[C@H]21. The van der Waals surface area contributed by atoms with Gasteiger partial charge in [0, 0.05) is 25.7 Å². The number of carbonyl (C=O) groups excluding carboxylic acids is 1. The van der Waals surface area contributed by atoms with Crippen molar-refractivity contribution in [2.45, 2.75) is 58.7 Å². The summed E-state index contributed by atoms with van der Waals surface area (Å²) in [5.41, 5.74) is 1.52. The molecule has 144 valence electrons. The summed E-state index contributed by atoms with van der Waals surface area (Å²) in [6.45, 7) is 9.87. The summed E-state index contributed by atoms with van der Waals surface area (Å²) in [4.78, 5) is 15.3. The van der Waals surface area contributed by atoms with E-state index < -0.39 is 0 Å². The number of rotatable bonds is 6. The molecule has 1 aliphatic heterocycles. The molecule has 2 fully saturated rings. The van der Waals surface area contributed by atoms with Crippen LogP contribution in [0.25, 0.3) is 0 Å². The molecule has 2 N–H and O–H groups in total. The molecule has 1 saturated carbocycles. The molecule has 1 heterocycles. The van der Waals surface area contributed by atoms with Crippen molar-refractivity contribution in [1.29, 1.82) is 0 Å². The van der Waals surface area contributed by atoms with Gasteiger partial charge in [-0.3, -0.25) is 9.69 Å². The Labute approximate surface area is 158 Å². The van der Waals surface area contributed by atoms with Gasteiger partial charge in [0.25, 0.3) is 0 Å². The number of likely N-dealkylation sites (N-methyl/N-ethyl adjacent to an activating group) is 1. The second kappa shape index (κ2) is 8.10. The van der Waals surface area contributed by atoms with Crippen LogP contribution in [0.4, 0.5) is 0 Å². The second-order valence-electron chi connectivity index (χ2n) is 9.40. The van der Waals surface area contributed by atoms with Crippen LogP contribution in [0, 0.1) is 17.3 Å². The molecular weight excluding hydrogens is 322 g/mol. The van der Waals surface area contributed by atoms with Crippen LogP contribution >= 0.6 is 0 Å². The summed E-state index contributed by atoms with van der Waals surface area (Å²) >= 11 is 0. The first-order valence-corrected chi connectivity index (χ1v) is 10.1. The summed E-state index contributed by atoms with van der Waals surface area (Å²) in [5.74, 6) is 1.52. The standard InChI is InChI=1S/C22H35N3O/c1-22(2,3)12-20(23-4)21(26)24-19-11-10-17-14-25(15-18(17)19)13-16-8-6-5-7-9-16/h5-9,17-20,23H,10-15H2,1-4H3,(H,24,26)/t17-,18+,19+,20-/m0/s1. The topological polar surface area (TPSA) is 44.4 Å². The van der Waals surface area contributed by atoms with E-state index in [0.29, 0.717) is 12.0 Å². The zero-order chi connectivity index (χ0) is 18.7. The van der Waals surface area contributed by atoms with Crippen molar-refractivity contribution in [1.82, 2.24) is 15.5 Å². The third-order valence-corrected chi connectivity index (χ3v) is 5.99. The highest BCUT2D eigenvalue weighted by Crippen LogP contribution is 2.38. The average molecular weight is 358 g/mol. The van der Waals surface area contributed by atoms with Crippen LogP contribution in [0.15, 0.2) is 30.3 Å². The van der Waals surface area contributed by atoms with Crippen LogP contribution in [-0.4, -0.2) is 43.0 Å². The minimum atomic E-state index is -0.101. The number of hydrogen-bond donors (Lipinski definition) is 2. The Bertz CT molecular complexity index is 595. The molecule has 1 amide bonds. The summed E-state index contributed by atoms with van der Waals surface area (Å²) in [7, 11) is 1.89. The Morgan fingerprint density at radius 2 is 1.92 bits per heavy atom. The Morgan fingerprint density at radius 1 is 1.19 bits per heavy atom. The van der Waals surface area contributed by atoms with E-state index in [9.17, 15) is 4.79 Å². The minimum absolute atomic E-state index is 0.101. The highest BCUT2D eigenvalue weighted by molar-refractivity contribution is 5.82. The second-order valence-corrected chi connectivity index (χ2v) is 9.40. The largest absolute Gasteiger partial charge is 0.352 e. The van der Waals surface area contributed by atoms with Crippen molar-refractivity contribution in [3.8, 4) is 0 Å². The summed E-state index contributed by atoms with van der Waals surface area (Å²) < 4.78 is 0. The Kier molecular flexibility index (Phi) is 6.03. The molecule has 0 spiro atoms. The molecule has 4 heteroatoms. The lowest BCUT2D eigenvalue weighted by Gasteiger charge is -2.28. The lowest BCUT2D eigenvalue weighted by atomic mass is 9.87. The predicted molar refractivity (Wildman–Crippen MR) is 107 cm³/mol. The van der Waals surface area contributed by atoms with Gasteiger partial charge in [-0.15, -0.1) is 0 Å². The van der Waals surface area contributed by atoms with Gasteiger partial charge in [-0.1, -0.05) is 51.1 Å². The van der Waals surface area contributed by atoms with Crippen molar-refractivity contribution in [3.05, 3.63) is 35.9 Å². The number of benzene rings is 1. The zero-order valence-electron chi connectivity index (χ0n) is 16.8. The molecule has 0 aromatic heterocycles. The van der Waals surface area contributed by atoms with Crippen molar-refractivity contribution in [2.24, 2.45) is 17.3 Å². The van der Waals surface area contributed by atoms with Crippen molar-refractivity contribution in [2.75, 3.05) is 20.1 Å². The van der Waals surface area contributed by atoms with Gasteiger partial charge < -0.3 is 10.6 Å². The highest BCUT2D eigenvalue weighted by Gasteiger charge is 2.43. The molecular formula is C22H35N3O. The maximum atomic E-state index is 12.8. The zero-order valence-corrected chi connectivity index (χ0v) is 16.8. The third kappa shape index (κ3) is 4.86. The fraction of sp³-hybridized carbons (Fsp3) is 0.682. The van der Waals surface area contributed by atoms with Crippen molar-refractivity contribution in [3.63, 3.8) is 0 Å². The number of nitrogens with zero attached hydrogens (tertiary/aromatic N) is 1. The van der Waals surface area contributed by atoms with Gasteiger partial charge >= 0.3 is 0 Å². The molecule has 4 atom stereocenters. The van der Waals surface area contributed by atoms with E-state index in [1.165, 1.54) is 18.5 Å². The van der Waals surface area contributed by atoms with Gasteiger partial charge in [0.2, 0.25) is 5.91 Å². The molecule has 0 unspecified atom stereocenters. The summed E-state index contributed by atoms with van der Waals surface area (Å²) in [5, 5.41) is 6.59. The molecule has 0 radical (unpaired) electrons. The minimum Gasteiger partial charge on any atom is -0.352 e. The van der Waals surface area contributed by atoms with E-state index in [2.05, 4.69) is 66.6 Å². The third-order valence-electron chi connectivity index (χ3n) is 5.99.